The molecule has 0 fully saturated rings. The summed E-state index contributed by atoms with van der Waals surface area (Å²) < 4.78 is 0.823. The standard InChI is InChI=1S/C17H22BrN3/c1-6-21(13-9-7-8-12(2)10-13)15-11-14(18)19-16(20-15)17(3,4)5/h7-11H,6H2,1-5H3. The van der Waals surface area contributed by atoms with E-state index in [1.54, 1.807) is 0 Å². The maximum atomic E-state index is 4.77. The van der Waals surface area contributed by atoms with Crippen molar-refractivity contribution in [1.29, 1.82) is 0 Å². The highest BCUT2D eigenvalue weighted by molar-refractivity contribution is 9.10. The highest BCUT2D eigenvalue weighted by Gasteiger charge is 2.20. The lowest BCUT2D eigenvalue weighted by Gasteiger charge is -2.25. The summed E-state index contributed by atoms with van der Waals surface area (Å²) >= 11 is 3.51. The fourth-order valence-electron chi connectivity index (χ4n) is 2.15. The predicted molar refractivity (Wildman–Crippen MR) is 92.3 cm³/mol. The lowest BCUT2D eigenvalue weighted by atomic mass is 9.96. The van der Waals surface area contributed by atoms with Gasteiger partial charge in [-0.1, -0.05) is 32.9 Å². The number of nitrogens with zero attached hydrogens (tertiary/aromatic N) is 3. The molecule has 1 aromatic heterocycles. The quantitative estimate of drug-likeness (QED) is 0.731. The lowest BCUT2D eigenvalue weighted by Crippen LogP contribution is -2.22. The van der Waals surface area contributed by atoms with Crippen LogP contribution in [0, 0.1) is 6.92 Å². The number of anilines is 2. The van der Waals surface area contributed by atoms with Crippen LogP contribution in [0.2, 0.25) is 0 Å². The van der Waals surface area contributed by atoms with Crippen LogP contribution in [0.15, 0.2) is 34.9 Å². The van der Waals surface area contributed by atoms with E-state index in [0.29, 0.717) is 0 Å². The molecule has 0 aliphatic carbocycles. The van der Waals surface area contributed by atoms with Crippen molar-refractivity contribution in [3.05, 3.63) is 46.3 Å². The van der Waals surface area contributed by atoms with Crippen LogP contribution < -0.4 is 4.90 Å². The highest BCUT2D eigenvalue weighted by Crippen LogP contribution is 2.28. The van der Waals surface area contributed by atoms with E-state index in [2.05, 4.69) is 84.7 Å². The Hall–Kier alpha value is -1.42. The fraction of sp³-hybridized carbons (Fsp3) is 0.412. The summed E-state index contributed by atoms with van der Waals surface area (Å²) in [4.78, 5) is 11.5. The largest absolute Gasteiger partial charge is 0.327 e. The minimum atomic E-state index is -0.0788. The first-order valence-electron chi connectivity index (χ1n) is 7.20. The number of aryl methyl sites for hydroxylation is 1. The molecule has 0 amide bonds. The van der Waals surface area contributed by atoms with Crippen molar-refractivity contribution in [2.45, 2.75) is 40.0 Å². The van der Waals surface area contributed by atoms with Crippen molar-refractivity contribution < 1.29 is 0 Å². The Labute approximate surface area is 135 Å². The number of hydrogen-bond acceptors (Lipinski definition) is 3. The molecule has 0 saturated heterocycles. The number of benzene rings is 1. The van der Waals surface area contributed by atoms with Crippen LogP contribution in [-0.2, 0) is 5.41 Å². The number of halogens is 1. The van der Waals surface area contributed by atoms with Crippen LogP contribution in [0.4, 0.5) is 11.5 Å². The van der Waals surface area contributed by atoms with Gasteiger partial charge < -0.3 is 4.90 Å². The van der Waals surface area contributed by atoms with Crippen LogP contribution in [-0.4, -0.2) is 16.5 Å². The Bertz CT molecular complexity index is 632. The normalized spacial score (nSPS) is 11.5. The molecule has 0 radical (unpaired) electrons. The zero-order valence-electron chi connectivity index (χ0n) is 13.3. The first kappa shape index (κ1) is 16.0. The highest BCUT2D eigenvalue weighted by atomic mass is 79.9. The van der Waals surface area contributed by atoms with E-state index in [4.69, 9.17) is 4.98 Å². The topological polar surface area (TPSA) is 29.0 Å². The molecule has 0 atom stereocenters. The van der Waals surface area contributed by atoms with Gasteiger partial charge >= 0.3 is 0 Å². The average molecular weight is 348 g/mol. The predicted octanol–water partition coefficient (Wildman–Crippen LogP) is 5.00. The summed E-state index contributed by atoms with van der Waals surface area (Å²) in [5, 5.41) is 0. The van der Waals surface area contributed by atoms with Gasteiger partial charge in [0.25, 0.3) is 0 Å². The maximum Gasteiger partial charge on any atom is 0.137 e. The third-order valence-electron chi connectivity index (χ3n) is 3.26. The Balaban J connectivity index is 2.50. The molecule has 0 aliphatic rings. The molecule has 0 bridgehead atoms. The second-order valence-corrected chi connectivity index (χ2v) is 7.02. The first-order valence-corrected chi connectivity index (χ1v) is 8.00. The van der Waals surface area contributed by atoms with E-state index in [1.807, 2.05) is 6.07 Å². The van der Waals surface area contributed by atoms with Crippen molar-refractivity contribution in [2.75, 3.05) is 11.4 Å². The van der Waals surface area contributed by atoms with E-state index in [1.165, 1.54) is 5.56 Å². The van der Waals surface area contributed by atoms with E-state index >= 15 is 0 Å². The molecule has 112 valence electrons. The van der Waals surface area contributed by atoms with E-state index in [0.717, 1.165) is 28.5 Å². The Kier molecular flexibility index (Phi) is 4.67. The molecule has 0 unspecified atom stereocenters. The SMILES string of the molecule is CCN(c1cccc(C)c1)c1cc(Br)nc(C(C)(C)C)n1. The summed E-state index contributed by atoms with van der Waals surface area (Å²) in [6.45, 7) is 11.5. The third-order valence-corrected chi connectivity index (χ3v) is 3.66. The van der Waals surface area contributed by atoms with Gasteiger partial charge in [-0.2, -0.15) is 0 Å². The molecule has 3 nitrogen and oxygen atoms in total. The number of rotatable bonds is 3. The molecule has 21 heavy (non-hydrogen) atoms. The van der Waals surface area contributed by atoms with Crippen LogP contribution in [0.5, 0.6) is 0 Å². The van der Waals surface area contributed by atoms with Gasteiger partial charge in [0.15, 0.2) is 0 Å². The average Bonchev–Trinajstić information content (AvgIpc) is 2.38. The van der Waals surface area contributed by atoms with Gasteiger partial charge in [-0.15, -0.1) is 0 Å². The van der Waals surface area contributed by atoms with Gasteiger partial charge in [0.1, 0.15) is 16.2 Å². The van der Waals surface area contributed by atoms with Gasteiger partial charge in [-0.25, -0.2) is 9.97 Å². The van der Waals surface area contributed by atoms with Crippen molar-refractivity contribution in [2.24, 2.45) is 0 Å². The number of hydrogen-bond donors (Lipinski definition) is 0. The number of aromatic nitrogens is 2. The third kappa shape index (κ3) is 3.82. The van der Waals surface area contributed by atoms with Gasteiger partial charge in [0.05, 0.1) is 0 Å². The van der Waals surface area contributed by atoms with Crippen LogP contribution in [0.3, 0.4) is 0 Å². The zero-order valence-corrected chi connectivity index (χ0v) is 14.9. The minimum absolute atomic E-state index is 0.0788. The van der Waals surface area contributed by atoms with Crippen molar-refractivity contribution >= 4 is 27.4 Å². The molecule has 1 heterocycles. The van der Waals surface area contributed by atoms with Crippen LogP contribution in [0.25, 0.3) is 0 Å². The molecule has 4 heteroatoms. The molecule has 0 spiro atoms. The second-order valence-electron chi connectivity index (χ2n) is 6.21. The van der Waals surface area contributed by atoms with E-state index < -0.39 is 0 Å². The van der Waals surface area contributed by atoms with Crippen molar-refractivity contribution in [3.63, 3.8) is 0 Å². The molecule has 2 rings (SSSR count). The summed E-state index contributed by atoms with van der Waals surface area (Å²) in [5.74, 6) is 1.77. The van der Waals surface area contributed by atoms with Gasteiger partial charge in [0.2, 0.25) is 0 Å². The maximum absolute atomic E-state index is 4.77. The summed E-state index contributed by atoms with van der Waals surface area (Å²) in [6.07, 6.45) is 0. The van der Waals surface area contributed by atoms with Crippen molar-refractivity contribution in [3.8, 4) is 0 Å². The van der Waals surface area contributed by atoms with Crippen molar-refractivity contribution in [1.82, 2.24) is 9.97 Å². The molecule has 0 N–H and O–H groups in total. The van der Waals surface area contributed by atoms with E-state index in [-0.39, 0.29) is 5.41 Å². The van der Waals surface area contributed by atoms with Gasteiger partial charge in [-0.3, -0.25) is 0 Å². The molecule has 2 aromatic rings. The Morgan fingerprint density at radius 2 is 1.86 bits per heavy atom. The Morgan fingerprint density at radius 1 is 1.14 bits per heavy atom. The lowest BCUT2D eigenvalue weighted by molar-refractivity contribution is 0.543. The fourth-order valence-corrected chi connectivity index (χ4v) is 2.52. The minimum Gasteiger partial charge on any atom is -0.327 e. The first-order chi connectivity index (χ1) is 9.81. The second kappa shape index (κ2) is 6.14. The monoisotopic (exact) mass is 347 g/mol. The smallest absolute Gasteiger partial charge is 0.137 e. The summed E-state index contributed by atoms with van der Waals surface area (Å²) in [7, 11) is 0. The molecule has 1 aromatic carbocycles. The Morgan fingerprint density at radius 3 is 2.43 bits per heavy atom. The molecular weight excluding hydrogens is 326 g/mol. The van der Waals surface area contributed by atoms with Gasteiger partial charge in [-0.05, 0) is 47.5 Å². The summed E-state index contributed by atoms with van der Waals surface area (Å²) in [5.41, 5.74) is 2.32. The summed E-state index contributed by atoms with van der Waals surface area (Å²) in [6, 6.07) is 10.4. The van der Waals surface area contributed by atoms with Gasteiger partial charge in [0, 0.05) is 23.7 Å². The van der Waals surface area contributed by atoms with Crippen LogP contribution >= 0.6 is 15.9 Å². The molecule has 0 saturated carbocycles. The molecule has 0 aliphatic heterocycles. The zero-order chi connectivity index (χ0) is 15.6. The van der Waals surface area contributed by atoms with Crippen LogP contribution in [0.1, 0.15) is 39.1 Å². The molecular formula is C17H22BrN3. The van der Waals surface area contributed by atoms with E-state index in [9.17, 15) is 0 Å².